The van der Waals surface area contributed by atoms with E-state index in [0.29, 0.717) is 19.4 Å². The largest absolute Gasteiger partial charge is 0.367 e. The van der Waals surface area contributed by atoms with Crippen LogP contribution in [0.25, 0.3) is 0 Å². The number of aromatic nitrogens is 1. The minimum absolute atomic E-state index is 0.134. The Labute approximate surface area is 101 Å². The van der Waals surface area contributed by atoms with Gasteiger partial charge in [0.1, 0.15) is 5.25 Å². The van der Waals surface area contributed by atoms with E-state index >= 15 is 0 Å². The van der Waals surface area contributed by atoms with Gasteiger partial charge in [-0.1, -0.05) is 6.42 Å². The molecule has 0 spiro atoms. The molecule has 0 aromatic carbocycles. The molecule has 1 aromatic heterocycles. The molecule has 5 nitrogen and oxygen atoms in total. The lowest BCUT2D eigenvalue weighted by Crippen LogP contribution is -2.42. The second-order valence-corrected chi connectivity index (χ2v) is 6.59. The third-order valence-electron chi connectivity index (χ3n) is 3.00. The first-order chi connectivity index (χ1) is 8.09. The molecule has 0 bridgehead atoms. The molecule has 94 valence electrons. The summed E-state index contributed by atoms with van der Waals surface area (Å²) in [6.45, 7) is 0.369. The van der Waals surface area contributed by atoms with E-state index < -0.39 is 15.1 Å². The molecule has 2 heterocycles. The molecular weight excluding hydrogens is 240 g/mol. The maximum absolute atomic E-state index is 11.8. The van der Waals surface area contributed by atoms with E-state index in [1.54, 1.807) is 12.4 Å². The number of nitrogens with one attached hydrogen (secondary N) is 2. The molecule has 1 unspecified atom stereocenters. The van der Waals surface area contributed by atoms with Crippen molar-refractivity contribution in [2.75, 3.05) is 5.75 Å². The van der Waals surface area contributed by atoms with Crippen LogP contribution in [0.1, 0.15) is 24.8 Å². The van der Waals surface area contributed by atoms with E-state index in [1.807, 2.05) is 6.07 Å². The highest BCUT2D eigenvalue weighted by atomic mass is 32.2. The average Bonchev–Trinajstić information content (AvgIpc) is 2.78. The summed E-state index contributed by atoms with van der Waals surface area (Å²) in [6.07, 6.45) is 5.46. The van der Waals surface area contributed by atoms with Crippen molar-refractivity contribution in [1.82, 2.24) is 10.3 Å². The Morgan fingerprint density at radius 3 is 2.94 bits per heavy atom. The Bertz CT molecular complexity index is 479. The molecule has 1 saturated heterocycles. The summed E-state index contributed by atoms with van der Waals surface area (Å²) in [5.41, 5.74) is 0.937. The molecule has 1 amide bonds. The molecule has 0 aliphatic carbocycles. The lowest BCUT2D eigenvalue weighted by molar-refractivity contribution is -0.121. The van der Waals surface area contributed by atoms with Crippen molar-refractivity contribution in [1.29, 1.82) is 0 Å². The van der Waals surface area contributed by atoms with E-state index in [9.17, 15) is 13.2 Å². The van der Waals surface area contributed by atoms with Gasteiger partial charge in [-0.15, -0.1) is 0 Å². The van der Waals surface area contributed by atoms with Crippen molar-refractivity contribution in [3.05, 3.63) is 24.0 Å². The maximum atomic E-state index is 11.8. The molecule has 1 atom stereocenters. The van der Waals surface area contributed by atoms with E-state index in [4.69, 9.17) is 0 Å². The number of H-pyrrole nitrogens is 1. The van der Waals surface area contributed by atoms with Gasteiger partial charge in [0.15, 0.2) is 9.84 Å². The molecular formula is C11H16N2O3S. The number of carbonyl (C=O) groups excluding carboxylic acids is 1. The number of rotatable bonds is 3. The SMILES string of the molecule is O=C(NCc1cc[nH]c1)C1CCCCS1(=O)=O. The van der Waals surface area contributed by atoms with Crippen LogP contribution < -0.4 is 5.32 Å². The summed E-state index contributed by atoms with van der Waals surface area (Å²) in [5.74, 6) is -0.235. The van der Waals surface area contributed by atoms with Crippen LogP contribution >= 0.6 is 0 Å². The van der Waals surface area contributed by atoms with Gasteiger partial charge >= 0.3 is 0 Å². The molecule has 1 fully saturated rings. The quantitative estimate of drug-likeness (QED) is 0.831. The third kappa shape index (κ3) is 2.88. The van der Waals surface area contributed by atoms with Crippen LogP contribution in [-0.4, -0.2) is 30.3 Å². The zero-order valence-corrected chi connectivity index (χ0v) is 10.3. The summed E-state index contributed by atoms with van der Waals surface area (Å²) in [5, 5.41) is 1.82. The molecule has 2 N–H and O–H groups in total. The normalized spacial score (nSPS) is 23.2. The number of hydrogen-bond donors (Lipinski definition) is 2. The standard InChI is InChI=1S/C11H16N2O3S/c14-11(13-8-9-4-5-12-7-9)10-3-1-2-6-17(10,15)16/h4-5,7,10,12H,1-3,6,8H2,(H,13,14). The Kier molecular flexibility index (Phi) is 3.51. The molecule has 6 heteroatoms. The fourth-order valence-electron chi connectivity index (χ4n) is 2.02. The summed E-state index contributed by atoms with van der Waals surface area (Å²) in [6, 6.07) is 1.84. The molecule has 1 aliphatic heterocycles. The molecule has 17 heavy (non-hydrogen) atoms. The van der Waals surface area contributed by atoms with Gasteiger partial charge in [-0.25, -0.2) is 8.42 Å². The van der Waals surface area contributed by atoms with Crippen LogP contribution in [0.15, 0.2) is 18.5 Å². The average molecular weight is 256 g/mol. The molecule has 1 aliphatic rings. The fourth-order valence-corrected chi connectivity index (χ4v) is 3.85. The second kappa shape index (κ2) is 4.91. The molecule has 0 radical (unpaired) electrons. The second-order valence-electron chi connectivity index (χ2n) is 4.29. The van der Waals surface area contributed by atoms with Crippen molar-refractivity contribution in [3.8, 4) is 0 Å². The summed E-state index contributed by atoms with van der Waals surface area (Å²) < 4.78 is 23.4. The van der Waals surface area contributed by atoms with Gasteiger partial charge in [-0.3, -0.25) is 4.79 Å². The third-order valence-corrected chi connectivity index (χ3v) is 5.17. The van der Waals surface area contributed by atoms with E-state index in [1.165, 1.54) is 0 Å². The van der Waals surface area contributed by atoms with Gasteiger partial charge in [-0.2, -0.15) is 0 Å². The first-order valence-corrected chi connectivity index (χ1v) is 7.42. The topological polar surface area (TPSA) is 79.0 Å². The monoisotopic (exact) mass is 256 g/mol. The van der Waals surface area contributed by atoms with Crippen LogP contribution in [-0.2, 0) is 21.2 Å². The fraction of sp³-hybridized carbons (Fsp3) is 0.545. The van der Waals surface area contributed by atoms with Gasteiger partial charge in [-0.05, 0) is 24.5 Å². The molecule has 1 aromatic rings. The predicted octanol–water partition coefficient (Wildman–Crippen LogP) is 0.598. The minimum Gasteiger partial charge on any atom is -0.367 e. The Morgan fingerprint density at radius 1 is 1.47 bits per heavy atom. The number of amides is 1. The van der Waals surface area contributed by atoms with Crippen LogP contribution in [0.3, 0.4) is 0 Å². The molecule has 2 rings (SSSR count). The Hall–Kier alpha value is -1.30. The van der Waals surface area contributed by atoms with E-state index in [-0.39, 0.29) is 11.7 Å². The van der Waals surface area contributed by atoms with Gasteiger partial charge < -0.3 is 10.3 Å². The van der Waals surface area contributed by atoms with Crippen LogP contribution in [0.2, 0.25) is 0 Å². The highest BCUT2D eigenvalue weighted by Gasteiger charge is 2.34. The number of carbonyl (C=O) groups is 1. The van der Waals surface area contributed by atoms with Gasteiger partial charge in [0, 0.05) is 18.9 Å². The van der Waals surface area contributed by atoms with Crippen molar-refractivity contribution in [2.45, 2.75) is 31.1 Å². The lowest BCUT2D eigenvalue weighted by Gasteiger charge is -2.21. The van der Waals surface area contributed by atoms with Crippen LogP contribution in [0.4, 0.5) is 0 Å². The van der Waals surface area contributed by atoms with Gasteiger partial charge in [0.05, 0.1) is 5.75 Å². The summed E-state index contributed by atoms with van der Waals surface area (Å²) in [4.78, 5) is 14.7. The van der Waals surface area contributed by atoms with Crippen molar-refractivity contribution < 1.29 is 13.2 Å². The molecule has 0 saturated carbocycles. The summed E-state index contributed by atoms with van der Waals surface area (Å²) in [7, 11) is -3.23. The van der Waals surface area contributed by atoms with Crippen LogP contribution in [0, 0.1) is 0 Å². The number of sulfone groups is 1. The highest BCUT2D eigenvalue weighted by molar-refractivity contribution is 7.92. The first kappa shape index (κ1) is 12.2. The Morgan fingerprint density at radius 2 is 2.29 bits per heavy atom. The zero-order valence-electron chi connectivity index (χ0n) is 9.48. The first-order valence-electron chi connectivity index (χ1n) is 5.70. The van der Waals surface area contributed by atoms with E-state index in [2.05, 4.69) is 10.3 Å². The maximum Gasteiger partial charge on any atom is 0.238 e. The summed E-state index contributed by atoms with van der Waals surface area (Å²) >= 11 is 0. The van der Waals surface area contributed by atoms with Crippen molar-refractivity contribution in [2.24, 2.45) is 0 Å². The van der Waals surface area contributed by atoms with Gasteiger partial charge in [0.2, 0.25) is 5.91 Å². The highest BCUT2D eigenvalue weighted by Crippen LogP contribution is 2.19. The van der Waals surface area contributed by atoms with Crippen LogP contribution in [0.5, 0.6) is 0 Å². The van der Waals surface area contributed by atoms with Crippen molar-refractivity contribution in [3.63, 3.8) is 0 Å². The minimum atomic E-state index is -3.23. The number of aromatic amines is 1. The zero-order chi connectivity index (χ0) is 12.3. The Balaban J connectivity index is 1.95. The van der Waals surface area contributed by atoms with E-state index in [0.717, 1.165) is 12.0 Å². The number of hydrogen-bond acceptors (Lipinski definition) is 3. The predicted molar refractivity (Wildman–Crippen MR) is 64.1 cm³/mol. The van der Waals surface area contributed by atoms with Gasteiger partial charge in [0.25, 0.3) is 0 Å². The van der Waals surface area contributed by atoms with Crippen molar-refractivity contribution >= 4 is 15.7 Å². The smallest absolute Gasteiger partial charge is 0.238 e. The lowest BCUT2D eigenvalue weighted by atomic mass is 10.2.